The predicted molar refractivity (Wildman–Crippen MR) is 132 cm³/mol. The summed E-state index contributed by atoms with van der Waals surface area (Å²) in [5.41, 5.74) is -1.07. The summed E-state index contributed by atoms with van der Waals surface area (Å²) in [4.78, 5) is 13.1. The van der Waals surface area contributed by atoms with Gasteiger partial charge in [-0.05, 0) is 24.3 Å². The van der Waals surface area contributed by atoms with E-state index in [-0.39, 0.29) is 28.0 Å². The SMILES string of the molecule is O=c1cc(-c2ccc(O)cc2)oc2c(C3OC(CO)C(O)C(O)C3OC3OC(CO)C(O)C3O)c(O)cc(O)c12. The number of phenols is 3. The minimum atomic E-state index is -1.84. The quantitative estimate of drug-likeness (QED) is 0.167. The van der Waals surface area contributed by atoms with E-state index in [1.807, 2.05) is 0 Å². The van der Waals surface area contributed by atoms with Crippen molar-refractivity contribution >= 4 is 11.0 Å². The third kappa shape index (κ3) is 4.79. The fourth-order valence-electron chi connectivity index (χ4n) is 4.97. The molecule has 3 aromatic rings. The van der Waals surface area contributed by atoms with Gasteiger partial charge in [0.25, 0.3) is 0 Å². The van der Waals surface area contributed by atoms with Crippen LogP contribution in [0.5, 0.6) is 17.2 Å². The molecule has 40 heavy (non-hydrogen) atoms. The maximum absolute atomic E-state index is 13.1. The van der Waals surface area contributed by atoms with Gasteiger partial charge in [-0.25, -0.2) is 0 Å². The zero-order valence-electron chi connectivity index (χ0n) is 20.6. The molecule has 2 fully saturated rings. The molecule has 3 heterocycles. The van der Waals surface area contributed by atoms with Gasteiger partial charge in [0.1, 0.15) is 77.2 Å². The van der Waals surface area contributed by atoms with Crippen LogP contribution in [0.3, 0.4) is 0 Å². The normalized spacial score (nSPS) is 32.5. The molecule has 0 saturated carbocycles. The molecule has 2 saturated heterocycles. The summed E-state index contributed by atoms with van der Waals surface area (Å²) in [6.45, 7) is -1.45. The Labute approximate surface area is 225 Å². The number of ether oxygens (including phenoxy) is 3. The van der Waals surface area contributed by atoms with E-state index in [2.05, 4.69) is 0 Å². The third-order valence-corrected chi connectivity index (χ3v) is 7.09. The summed E-state index contributed by atoms with van der Waals surface area (Å²) in [5.74, 6) is -1.39. The Morgan fingerprint density at radius 1 is 0.775 bits per heavy atom. The van der Waals surface area contributed by atoms with Gasteiger partial charge in [0.2, 0.25) is 0 Å². The highest BCUT2D eigenvalue weighted by atomic mass is 16.7. The Hall–Kier alpha value is -3.31. The van der Waals surface area contributed by atoms with Crippen LogP contribution in [-0.2, 0) is 14.2 Å². The minimum Gasteiger partial charge on any atom is -0.508 e. The molecule has 1 aromatic heterocycles. The molecule has 0 aliphatic carbocycles. The Morgan fingerprint density at radius 2 is 1.40 bits per heavy atom. The van der Waals surface area contributed by atoms with Crippen molar-refractivity contribution in [2.24, 2.45) is 0 Å². The molecule has 9 unspecified atom stereocenters. The molecule has 216 valence electrons. The van der Waals surface area contributed by atoms with Crippen molar-refractivity contribution < 1.29 is 64.6 Å². The second kappa shape index (κ2) is 10.9. The van der Waals surface area contributed by atoms with E-state index in [1.165, 1.54) is 24.3 Å². The molecule has 0 bridgehead atoms. The lowest BCUT2D eigenvalue weighted by atomic mass is 9.89. The Kier molecular flexibility index (Phi) is 7.71. The first-order chi connectivity index (χ1) is 19.0. The molecule has 14 heteroatoms. The molecule has 0 spiro atoms. The zero-order valence-corrected chi connectivity index (χ0v) is 20.6. The van der Waals surface area contributed by atoms with Crippen LogP contribution in [0.25, 0.3) is 22.3 Å². The number of hydrogen-bond acceptors (Lipinski definition) is 14. The molecule has 2 aliphatic heterocycles. The average molecular weight is 564 g/mol. The van der Waals surface area contributed by atoms with Crippen LogP contribution in [-0.4, -0.2) is 108 Å². The van der Waals surface area contributed by atoms with Crippen molar-refractivity contribution in [1.29, 1.82) is 0 Å². The van der Waals surface area contributed by atoms with Gasteiger partial charge in [-0.2, -0.15) is 0 Å². The van der Waals surface area contributed by atoms with Crippen LogP contribution in [0.1, 0.15) is 11.7 Å². The van der Waals surface area contributed by atoms with Crippen molar-refractivity contribution in [3.05, 3.63) is 52.2 Å². The predicted octanol–water partition coefficient (Wildman–Crippen LogP) is -1.45. The number of rotatable bonds is 6. The summed E-state index contributed by atoms with van der Waals surface area (Å²) >= 11 is 0. The van der Waals surface area contributed by atoms with E-state index >= 15 is 0 Å². The van der Waals surface area contributed by atoms with Crippen molar-refractivity contribution in [2.45, 2.75) is 55.1 Å². The zero-order chi connectivity index (χ0) is 28.9. The van der Waals surface area contributed by atoms with E-state index in [0.29, 0.717) is 5.56 Å². The topological polar surface area (TPSA) is 240 Å². The number of hydrogen-bond donors (Lipinski definition) is 9. The van der Waals surface area contributed by atoms with Crippen LogP contribution in [0, 0.1) is 0 Å². The maximum atomic E-state index is 13.1. The molecule has 9 N–H and O–H groups in total. The molecule has 0 radical (unpaired) electrons. The largest absolute Gasteiger partial charge is 0.508 e. The number of aliphatic hydroxyl groups excluding tert-OH is 6. The second-order valence-electron chi connectivity index (χ2n) is 9.62. The van der Waals surface area contributed by atoms with Gasteiger partial charge in [-0.1, -0.05) is 0 Å². The molecule has 5 rings (SSSR count). The minimum absolute atomic E-state index is 0.0280. The second-order valence-corrected chi connectivity index (χ2v) is 9.62. The number of aliphatic hydroxyl groups is 6. The first-order valence-electron chi connectivity index (χ1n) is 12.3. The number of fused-ring (bicyclic) bond motifs is 1. The van der Waals surface area contributed by atoms with Gasteiger partial charge in [0, 0.05) is 17.7 Å². The van der Waals surface area contributed by atoms with Crippen LogP contribution < -0.4 is 5.43 Å². The summed E-state index contributed by atoms with van der Waals surface area (Å²) < 4.78 is 22.8. The van der Waals surface area contributed by atoms with Crippen LogP contribution >= 0.6 is 0 Å². The van der Waals surface area contributed by atoms with Crippen LogP contribution in [0.4, 0.5) is 0 Å². The Bertz CT molecular complexity index is 1420. The summed E-state index contributed by atoms with van der Waals surface area (Å²) in [6, 6.07) is 7.52. The maximum Gasteiger partial charge on any atom is 0.197 e. The molecule has 2 aliphatic rings. The third-order valence-electron chi connectivity index (χ3n) is 7.09. The number of phenolic OH excluding ortho intramolecular Hbond substituents is 3. The van der Waals surface area contributed by atoms with Crippen LogP contribution in [0.15, 0.2) is 45.6 Å². The lowest BCUT2D eigenvalue weighted by Crippen LogP contribution is -2.57. The molecular weight excluding hydrogens is 536 g/mol. The van der Waals surface area contributed by atoms with Crippen LogP contribution in [0.2, 0.25) is 0 Å². The van der Waals surface area contributed by atoms with Gasteiger partial charge in [-0.15, -0.1) is 0 Å². The Morgan fingerprint density at radius 3 is 2.02 bits per heavy atom. The van der Waals surface area contributed by atoms with E-state index < -0.39 is 85.3 Å². The standard InChI is InChI=1S/C26H28O14/c27-7-15-19(33)21(35)25(40-26-22(36)20(34)16(8-28)39-26)24(38-15)18-12(31)5-11(30)17-13(32)6-14(37-23(17)18)9-1-3-10(29)4-2-9/h1-6,15-16,19-22,24-31,33-36H,7-8H2. The summed E-state index contributed by atoms with van der Waals surface area (Å²) in [7, 11) is 0. The van der Waals surface area contributed by atoms with Gasteiger partial charge in [0.15, 0.2) is 17.3 Å². The highest BCUT2D eigenvalue weighted by Gasteiger charge is 2.52. The Balaban J connectivity index is 1.67. The summed E-state index contributed by atoms with van der Waals surface area (Å²) in [5, 5.41) is 91.9. The van der Waals surface area contributed by atoms with Crippen molar-refractivity contribution in [3.63, 3.8) is 0 Å². The molecule has 14 nitrogen and oxygen atoms in total. The van der Waals surface area contributed by atoms with Gasteiger partial charge in [0.05, 0.1) is 18.8 Å². The fraction of sp³-hybridized carbons (Fsp3) is 0.423. The molecule has 2 aromatic carbocycles. The summed E-state index contributed by atoms with van der Waals surface area (Å²) in [6.07, 6.45) is -14.4. The first kappa shape index (κ1) is 28.2. The van der Waals surface area contributed by atoms with Crippen molar-refractivity contribution in [2.75, 3.05) is 13.2 Å². The van der Waals surface area contributed by atoms with Gasteiger partial charge in [-0.3, -0.25) is 4.79 Å². The molecule has 0 amide bonds. The van der Waals surface area contributed by atoms with E-state index in [1.54, 1.807) is 0 Å². The van der Waals surface area contributed by atoms with E-state index in [0.717, 1.165) is 12.1 Å². The fourth-order valence-corrected chi connectivity index (χ4v) is 4.97. The first-order valence-corrected chi connectivity index (χ1v) is 12.3. The highest BCUT2D eigenvalue weighted by molar-refractivity contribution is 5.89. The lowest BCUT2D eigenvalue weighted by molar-refractivity contribution is -0.289. The lowest BCUT2D eigenvalue weighted by Gasteiger charge is -2.43. The van der Waals surface area contributed by atoms with Crippen molar-refractivity contribution in [3.8, 4) is 28.6 Å². The molecule has 9 atom stereocenters. The number of benzene rings is 2. The van der Waals surface area contributed by atoms with Gasteiger partial charge >= 0.3 is 0 Å². The van der Waals surface area contributed by atoms with E-state index in [9.17, 15) is 50.8 Å². The van der Waals surface area contributed by atoms with Crippen molar-refractivity contribution in [1.82, 2.24) is 0 Å². The smallest absolute Gasteiger partial charge is 0.197 e. The number of aromatic hydroxyl groups is 3. The average Bonchev–Trinajstić information content (AvgIpc) is 3.20. The van der Waals surface area contributed by atoms with Gasteiger partial charge < -0.3 is 64.6 Å². The molecular formula is C26H28O14. The highest BCUT2D eigenvalue weighted by Crippen LogP contribution is 2.45. The van der Waals surface area contributed by atoms with E-state index in [4.69, 9.17) is 18.6 Å². The monoisotopic (exact) mass is 564 g/mol.